The molecule has 0 spiro atoms. The number of thioether (sulfide) groups is 1. The van der Waals surface area contributed by atoms with E-state index in [4.69, 9.17) is 0 Å². The van der Waals surface area contributed by atoms with Gasteiger partial charge in [-0.15, -0.1) is 16.4 Å². The molecule has 0 fully saturated rings. The first-order valence-electron chi connectivity index (χ1n) is 8.12. The van der Waals surface area contributed by atoms with E-state index in [2.05, 4.69) is 20.6 Å². The number of H-pyrrole nitrogens is 1. The summed E-state index contributed by atoms with van der Waals surface area (Å²) in [6.07, 6.45) is 0. The van der Waals surface area contributed by atoms with E-state index in [9.17, 15) is 9.59 Å². The first kappa shape index (κ1) is 17.5. The van der Waals surface area contributed by atoms with E-state index in [0.29, 0.717) is 16.4 Å². The number of aromatic nitrogens is 4. The van der Waals surface area contributed by atoms with Crippen molar-refractivity contribution in [1.82, 2.24) is 19.8 Å². The number of benzene rings is 1. The summed E-state index contributed by atoms with van der Waals surface area (Å²) in [6.45, 7) is 1.99. The molecule has 1 aromatic carbocycles. The second-order valence-corrected chi connectivity index (χ2v) is 7.73. The number of carbonyl (C=O) groups excluding carboxylic acids is 1. The predicted octanol–water partition coefficient (Wildman–Crippen LogP) is 3.19. The molecule has 4 aromatic rings. The molecule has 136 valence electrons. The Kier molecular flexibility index (Phi) is 4.78. The first-order chi connectivity index (χ1) is 13.1. The second-order valence-electron chi connectivity index (χ2n) is 5.84. The molecule has 9 heteroatoms. The molecule has 7 nitrogen and oxygen atoms in total. The van der Waals surface area contributed by atoms with Crippen molar-refractivity contribution in [2.75, 3.05) is 11.1 Å². The molecule has 3 heterocycles. The molecule has 0 saturated heterocycles. The van der Waals surface area contributed by atoms with Gasteiger partial charge in [-0.2, -0.15) is 5.10 Å². The Balaban J connectivity index is 1.53. The minimum atomic E-state index is -0.321. The SMILES string of the molecule is Cc1ccc(NC(=O)CSc2n[nH]c(=O)c3cc(-c4cccs4)nn23)cc1. The van der Waals surface area contributed by atoms with Crippen LogP contribution in [0.4, 0.5) is 5.69 Å². The van der Waals surface area contributed by atoms with Gasteiger partial charge in [0, 0.05) is 5.69 Å². The van der Waals surface area contributed by atoms with E-state index in [-0.39, 0.29) is 17.2 Å². The van der Waals surface area contributed by atoms with Crippen LogP contribution in [0.5, 0.6) is 0 Å². The van der Waals surface area contributed by atoms with Crippen LogP contribution >= 0.6 is 23.1 Å². The smallest absolute Gasteiger partial charge is 0.290 e. The average Bonchev–Trinajstić information content (AvgIpc) is 3.33. The molecule has 0 radical (unpaired) electrons. The van der Waals surface area contributed by atoms with Gasteiger partial charge in [0.15, 0.2) is 0 Å². The van der Waals surface area contributed by atoms with Crippen LogP contribution in [0.2, 0.25) is 0 Å². The van der Waals surface area contributed by atoms with Crippen molar-refractivity contribution in [3.05, 3.63) is 63.8 Å². The highest BCUT2D eigenvalue weighted by Gasteiger charge is 2.14. The molecular weight excluding hydrogens is 382 g/mol. The molecule has 3 aromatic heterocycles. The number of rotatable bonds is 5. The van der Waals surface area contributed by atoms with E-state index in [1.54, 1.807) is 17.4 Å². The Hall–Kier alpha value is -2.91. The van der Waals surface area contributed by atoms with Gasteiger partial charge in [0.05, 0.1) is 10.6 Å². The molecule has 0 atom stereocenters. The topological polar surface area (TPSA) is 92.1 Å². The maximum absolute atomic E-state index is 12.2. The molecule has 2 N–H and O–H groups in total. The summed E-state index contributed by atoms with van der Waals surface area (Å²) in [6, 6.07) is 13.2. The number of anilines is 1. The number of fused-ring (bicyclic) bond motifs is 1. The van der Waals surface area contributed by atoms with Crippen LogP contribution < -0.4 is 10.9 Å². The van der Waals surface area contributed by atoms with Gasteiger partial charge >= 0.3 is 0 Å². The Morgan fingerprint density at radius 2 is 2.11 bits per heavy atom. The molecule has 27 heavy (non-hydrogen) atoms. The zero-order valence-electron chi connectivity index (χ0n) is 14.3. The minimum absolute atomic E-state index is 0.149. The van der Waals surface area contributed by atoms with E-state index in [0.717, 1.165) is 16.1 Å². The van der Waals surface area contributed by atoms with Crippen molar-refractivity contribution >= 4 is 40.2 Å². The number of nitrogens with one attached hydrogen (secondary N) is 2. The highest BCUT2D eigenvalue weighted by Crippen LogP contribution is 2.25. The third-order valence-corrected chi connectivity index (χ3v) is 5.64. The van der Waals surface area contributed by atoms with Crippen molar-refractivity contribution in [3.8, 4) is 10.6 Å². The largest absolute Gasteiger partial charge is 0.325 e. The van der Waals surface area contributed by atoms with Crippen molar-refractivity contribution < 1.29 is 4.79 Å². The molecule has 0 aliphatic carbocycles. The lowest BCUT2D eigenvalue weighted by molar-refractivity contribution is -0.113. The predicted molar refractivity (Wildman–Crippen MR) is 107 cm³/mol. The summed E-state index contributed by atoms with van der Waals surface area (Å²) in [7, 11) is 0. The summed E-state index contributed by atoms with van der Waals surface area (Å²) < 4.78 is 1.48. The number of aromatic amines is 1. The van der Waals surface area contributed by atoms with E-state index >= 15 is 0 Å². The van der Waals surface area contributed by atoms with E-state index in [1.807, 2.05) is 48.7 Å². The molecule has 0 unspecified atom stereocenters. The number of aryl methyl sites for hydroxylation is 1. The molecule has 0 aliphatic rings. The van der Waals surface area contributed by atoms with Crippen LogP contribution in [0, 0.1) is 6.92 Å². The molecule has 0 saturated carbocycles. The quantitative estimate of drug-likeness (QED) is 0.505. The summed E-state index contributed by atoms with van der Waals surface area (Å²) in [5.41, 5.74) is 2.65. The van der Waals surface area contributed by atoms with E-state index in [1.165, 1.54) is 16.3 Å². The maximum atomic E-state index is 12.2. The van der Waals surface area contributed by atoms with Crippen molar-refractivity contribution in [3.63, 3.8) is 0 Å². The number of nitrogens with zero attached hydrogens (tertiary/aromatic N) is 3. The molecule has 0 bridgehead atoms. The first-order valence-corrected chi connectivity index (χ1v) is 9.98. The lowest BCUT2D eigenvalue weighted by atomic mass is 10.2. The van der Waals surface area contributed by atoms with Crippen LogP contribution in [0.15, 0.2) is 57.8 Å². The lowest BCUT2D eigenvalue weighted by Crippen LogP contribution is -2.17. The van der Waals surface area contributed by atoms with Gasteiger partial charge in [-0.1, -0.05) is 35.5 Å². The van der Waals surface area contributed by atoms with Gasteiger partial charge in [0.25, 0.3) is 5.56 Å². The molecule has 4 rings (SSSR count). The zero-order valence-corrected chi connectivity index (χ0v) is 15.9. The van der Waals surface area contributed by atoms with Crippen molar-refractivity contribution in [1.29, 1.82) is 0 Å². The Labute approximate surface area is 162 Å². The third kappa shape index (κ3) is 3.79. The zero-order chi connectivity index (χ0) is 18.8. The number of carbonyl (C=O) groups is 1. The van der Waals surface area contributed by atoms with Crippen LogP contribution in [0.3, 0.4) is 0 Å². The summed E-state index contributed by atoms with van der Waals surface area (Å²) in [5, 5.41) is 16.2. The number of thiophene rings is 1. The maximum Gasteiger partial charge on any atom is 0.290 e. The average molecular weight is 397 g/mol. The van der Waals surface area contributed by atoms with Gasteiger partial charge in [-0.25, -0.2) is 9.61 Å². The normalized spacial score (nSPS) is 11.0. The fourth-order valence-electron chi connectivity index (χ4n) is 2.49. The van der Waals surface area contributed by atoms with Gasteiger partial charge in [-0.05, 0) is 36.6 Å². The summed E-state index contributed by atoms with van der Waals surface area (Å²) in [5.74, 6) is -0.00779. The standard InChI is InChI=1S/C18H15N5O2S2/c1-11-4-6-12(7-5-11)19-16(24)10-27-18-21-20-17(25)14-9-13(22-23(14)18)15-3-2-8-26-15/h2-9H,10H2,1H3,(H,19,24)(H,20,25). The fourth-order valence-corrected chi connectivity index (χ4v) is 3.88. The van der Waals surface area contributed by atoms with Gasteiger partial charge in [0.1, 0.15) is 11.2 Å². The van der Waals surface area contributed by atoms with Gasteiger partial charge in [-0.3, -0.25) is 9.59 Å². The Morgan fingerprint density at radius 1 is 1.30 bits per heavy atom. The summed E-state index contributed by atoms with van der Waals surface area (Å²) >= 11 is 2.75. The highest BCUT2D eigenvalue weighted by atomic mass is 32.2. The fraction of sp³-hybridized carbons (Fsp3) is 0.111. The third-order valence-electron chi connectivity index (χ3n) is 3.82. The minimum Gasteiger partial charge on any atom is -0.325 e. The van der Waals surface area contributed by atoms with Crippen LogP contribution in [-0.4, -0.2) is 31.5 Å². The molecule has 1 amide bonds. The Bertz CT molecular complexity index is 1150. The van der Waals surface area contributed by atoms with Gasteiger partial charge in [0.2, 0.25) is 11.1 Å². The van der Waals surface area contributed by atoms with Crippen molar-refractivity contribution in [2.45, 2.75) is 12.1 Å². The van der Waals surface area contributed by atoms with Crippen LogP contribution in [0.25, 0.3) is 16.1 Å². The second kappa shape index (κ2) is 7.37. The molecular formula is C18H15N5O2S2. The number of hydrogen-bond acceptors (Lipinski definition) is 6. The van der Waals surface area contributed by atoms with Crippen molar-refractivity contribution in [2.24, 2.45) is 0 Å². The van der Waals surface area contributed by atoms with Crippen LogP contribution in [-0.2, 0) is 4.79 Å². The molecule has 0 aliphatic heterocycles. The summed E-state index contributed by atoms with van der Waals surface area (Å²) in [4.78, 5) is 25.2. The van der Waals surface area contributed by atoms with E-state index < -0.39 is 0 Å². The highest BCUT2D eigenvalue weighted by molar-refractivity contribution is 7.99. The van der Waals surface area contributed by atoms with Gasteiger partial charge < -0.3 is 5.32 Å². The monoisotopic (exact) mass is 397 g/mol. The number of amides is 1. The lowest BCUT2D eigenvalue weighted by Gasteiger charge is -2.05. The van der Waals surface area contributed by atoms with Crippen LogP contribution in [0.1, 0.15) is 5.56 Å². The number of hydrogen-bond donors (Lipinski definition) is 2. The Morgan fingerprint density at radius 3 is 2.85 bits per heavy atom.